The molecule has 2 aromatic carbocycles. The first kappa shape index (κ1) is 22.1. The second-order valence-corrected chi connectivity index (χ2v) is 5.87. The van der Waals surface area contributed by atoms with E-state index in [4.69, 9.17) is 18.9 Å². The number of rotatable bonds is 10. The van der Waals surface area contributed by atoms with Gasteiger partial charge < -0.3 is 23.7 Å². The minimum absolute atomic E-state index is 0.0570. The fourth-order valence-corrected chi connectivity index (χ4v) is 2.59. The molecule has 0 atom stereocenters. The van der Waals surface area contributed by atoms with Crippen LogP contribution in [0.2, 0.25) is 0 Å². The van der Waals surface area contributed by atoms with E-state index in [-0.39, 0.29) is 6.61 Å². The van der Waals surface area contributed by atoms with Crippen LogP contribution in [0.4, 0.5) is 0 Å². The number of hydrogen-bond donors (Lipinski definition) is 0. The van der Waals surface area contributed by atoms with Gasteiger partial charge in [-0.25, -0.2) is 9.59 Å². The molecule has 7 nitrogen and oxygen atoms in total. The van der Waals surface area contributed by atoms with E-state index in [1.165, 1.54) is 7.11 Å². The normalized spacial score (nSPS) is 10.2. The number of ether oxygens (including phenoxy) is 5. The Bertz CT molecular complexity index is 801. The summed E-state index contributed by atoms with van der Waals surface area (Å²) in [6, 6.07) is 9.81. The third-order valence-electron chi connectivity index (χ3n) is 3.89. The van der Waals surface area contributed by atoms with Gasteiger partial charge in [0.15, 0.2) is 11.5 Å². The van der Waals surface area contributed by atoms with Crippen molar-refractivity contribution in [3.63, 3.8) is 0 Å². The Morgan fingerprint density at radius 1 is 0.759 bits per heavy atom. The number of carbonyl (C=O) groups is 2. The van der Waals surface area contributed by atoms with Gasteiger partial charge in [0.2, 0.25) is 5.75 Å². The second-order valence-electron chi connectivity index (χ2n) is 5.87. The molecule has 2 rings (SSSR count). The number of esters is 2. The van der Waals surface area contributed by atoms with Crippen LogP contribution in [-0.2, 0) is 16.1 Å². The maximum atomic E-state index is 12.6. The number of methoxy groups -OCH3 is 1. The topological polar surface area (TPSA) is 80.3 Å². The fourth-order valence-electron chi connectivity index (χ4n) is 2.59. The van der Waals surface area contributed by atoms with Gasteiger partial charge in [-0.1, -0.05) is 12.1 Å². The van der Waals surface area contributed by atoms with Crippen molar-refractivity contribution < 1.29 is 33.3 Å². The van der Waals surface area contributed by atoms with Gasteiger partial charge >= 0.3 is 11.9 Å². The molecule has 0 aliphatic heterocycles. The molecule has 29 heavy (non-hydrogen) atoms. The average Bonchev–Trinajstić information content (AvgIpc) is 2.74. The summed E-state index contributed by atoms with van der Waals surface area (Å²) in [5, 5.41) is 0. The molecule has 7 heteroatoms. The zero-order chi connectivity index (χ0) is 21.2. The lowest BCUT2D eigenvalue weighted by atomic mass is 10.1. The van der Waals surface area contributed by atoms with Crippen LogP contribution >= 0.6 is 0 Å². The van der Waals surface area contributed by atoms with Crippen molar-refractivity contribution in [2.75, 3.05) is 26.9 Å². The molecule has 0 fully saturated rings. The molecule has 2 aromatic rings. The summed E-state index contributed by atoms with van der Waals surface area (Å²) < 4.78 is 26.9. The Kier molecular flexibility index (Phi) is 8.33. The van der Waals surface area contributed by atoms with Gasteiger partial charge in [0, 0.05) is 0 Å². The van der Waals surface area contributed by atoms with Crippen LogP contribution in [0.15, 0.2) is 36.4 Å². The molecule has 0 radical (unpaired) electrons. The van der Waals surface area contributed by atoms with E-state index in [1.807, 2.05) is 20.8 Å². The first-order valence-electron chi connectivity index (χ1n) is 9.44. The standard InChI is InChI=1S/C22H26O7/c1-5-26-18-12-17(13-19(27-6-2)20(18)28-7-3)22(24)29-14-15-8-10-16(11-9-15)21(23)25-4/h8-13H,5-7,14H2,1-4H3. The fraction of sp³-hybridized carbons (Fsp3) is 0.364. The SMILES string of the molecule is CCOc1cc(C(=O)OCc2ccc(C(=O)OC)cc2)cc(OCC)c1OCC. The molecule has 0 aliphatic carbocycles. The minimum atomic E-state index is -0.521. The van der Waals surface area contributed by atoms with Crippen molar-refractivity contribution in [2.45, 2.75) is 27.4 Å². The van der Waals surface area contributed by atoms with E-state index in [9.17, 15) is 9.59 Å². The lowest BCUT2D eigenvalue weighted by Crippen LogP contribution is -2.09. The molecular formula is C22H26O7. The van der Waals surface area contributed by atoms with Gasteiger partial charge in [0.1, 0.15) is 6.61 Å². The highest BCUT2D eigenvalue weighted by Crippen LogP contribution is 2.39. The van der Waals surface area contributed by atoms with E-state index in [1.54, 1.807) is 36.4 Å². The predicted molar refractivity (Wildman–Crippen MR) is 107 cm³/mol. The van der Waals surface area contributed by atoms with Gasteiger partial charge in [-0.3, -0.25) is 0 Å². The Labute approximate surface area is 170 Å². The summed E-state index contributed by atoms with van der Waals surface area (Å²) in [4.78, 5) is 24.1. The van der Waals surface area contributed by atoms with Gasteiger partial charge in [0.05, 0.1) is 38.1 Å². The molecule has 0 saturated heterocycles. The molecule has 0 saturated carbocycles. The van der Waals surface area contributed by atoms with E-state index in [0.717, 1.165) is 5.56 Å². The van der Waals surface area contributed by atoms with Gasteiger partial charge in [-0.2, -0.15) is 0 Å². The molecule has 0 aromatic heterocycles. The van der Waals surface area contributed by atoms with Crippen LogP contribution in [0.5, 0.6) is 17.2 Å². The summed E-state index contributed by atoms with van der Waals surface area (Å²) in [6.07, 6.45) is 0. The summed E-state index contributed by atoms with van der Waals surface area (Å²) in [5.41, 5.74) is 1.47. The summed E-state index contributed by atoms with van der Waals surface area (Å²) in [6.45, 7) is 6.87. The van der Waals surface area contributed by atoms with Crippen LogP contribution in [0, 0.1) is 0 Å². The molecule has 0 bridgehead atoms. The van der Waals surface area contributed by atoms with Gasteiger partial charge in [-0.15, -0.1) is 0 Å². The highest BCUT2D eigenvalue weighted by Gasteiger charge is 2.19. The molecule has 156 valence electrons. The van der Waals surface area contributed by atoms with Crippen molar-refractivity contribution in [1.82, 2.24) is 0 Å². The molecule has 0 spiro atoms. The Morgan fingerprint density at radius 2 is 1.31 bits per heavy atom. The highest BCUT2D eigenvalue weighted by molar-refractivity contribution is 5.91. The van der Waals surface area contributed by atoms with Crippen LogP contribution in [0.1, 0.15) is 47.1 Å². The molecule has 0 heterocycles. The number of carbonyl (C=O) groups excluding carboxylic acids is 2. The number of hydrogen-bond acceptors (Lipinski definition) is 7. The third-order valence-corrected chi connectivity index (χ3v) is 3.89. The third kappa shape index (κ3) is 5.88. The largest absolute Gasteiger partial charge is 0.490 e. The summed E-state index contributed by atoms with van der Waals surface area (Å²) >= 11 is 0. The van der Waals surface area contributed by atoms with Crippen LogP contribution in [0.25, 0.3) is 0 Å². The maximum absolute atomic E-state index is 12.6. The number of benzene rings is 2. The van der Waals surface area contributed by atoms with E-state index in [2.05, 4.69) is 4.74 Å². The Balaban J connectivity index is 2.17. The van der Waals surface area contributed by atoms with E-state index >= 15 is 0 Å². The van der Waals surface area contributed by atoms with E-state index in [0.29, 0.717) is 48.2 Å². The van der Waals surface area contributed by atoms with Crippen molar-refractivity contribution in [3.05, 3.63) is 53.1 Å². The lowest BCUT2D eigenvalue weighted by Gasteiger charge is -2.17. The van der Waals surface area contributed by atoms with Crippen molar-refractivity contribution >= 4 is 11.9 Å². The minimum Gasteiger partial charge on any atom is -0.490 e. The van der Waals surface area contributed by atoms with Crippen LogP contribution in [0.3, 0.4) is 0 Å². The van der Waals surface area contributed by atoms with Crippen molar-refractivity contribution in [2.24, 2.45) is 0 Å². The van der Waals surface area contributed by atoms with Crippen molar-refractivity contribution in [3.8, 4) is 17.2 Å². The lowest BCUT2D eigenvalue weighted by molar-refractivity contribution is 0.0470. The smallest absolute Gasteiger partial charge is 0.338 e. The molecule has 0 amide bonds. The zero-order valence-corrected chi connectivity index (χ0v) is 17.2. The van der Waals surface area contributed by atoms with Gasteiger partial charge in [0.25, 0.3) is 0 Å². The van der Waals surface area contributed by atoms with Crippen LogP contribution < -0.4 is 14.2 Å². The van der Waals surface area contributed by atoms with Crippen molar-refractivity contribution in [1.29, 1.82) is 0 Å². The first-order chi connectivity index (χ1) is 14.0. The monoisotopic (exact) mass is 402 g/mol. The molecule has 0 aliphatic rings. The van der Waals surface area contributed by atoms with Crippen LogP contribution in [-0.4, -0.2) is 38.9 Å². The van der Waals surface area contributed by atoms with E-state index < -0.39 is 11.9 Å². The summed E-state index contributed by atoms with van der Waals surface area (Å²) in [5.74, 6) is 0.373. The zero-order valence-electron chi connectivity index (χ0n) is 17.2. The second kappa shape index (κ2) is 10.9. The maximum Gasteiger partial charge on any atom is 0.338 e. The highest BCUT2D eigenvalue weighted by atomic mass is 16.5. The summed E-state index contributed by atoms with van der Waals surface area (Å²) in [7, 11) is 1.32. The Hall–Kier alpha value is -3.22. The molecular weight excluding hydrogens is 376 g/mol. The quantitative estimate of drug-likeness (QED) is 0.555. The molecule has 0 unspecified atom stereocenters. The predicted octanol–water partition coefficient (Wildman–Crippen LogP) is 4.03. The first-order valence-corrected chi connectivity index (χ1v) is 9.44. The Morgan fingerprint density at radius 3 is 1.79 bits per heavy atom. The van der Waals surface area contributed by atoms with Gasteiger partial charge in [-0.05, 0) is 50.6 Å². The molecule has 0 N–H and O–H groups in total. The average molecular weight is 402 g/mol.